The molecule has 0 saturated carbocycles. The highest BCUT2D eigenvalue weighted by Gasteiger charge is 2.31. The van der Waals surface area contributed by atoms with E-state index in [0.29, 0.717) is 19.4 Å². The van der Waals surface area contributed by atoms with Gasteiger partial charge >= 0.3 is 5.97 Å². The minimum Gasteiger partial charge on any atom is -0.481 e. The fraction of sp³-hybridized carbons (Fsp3) is 0.700. The van der Waals surface area contributed by atoms with E-state index in [1.807, 2.05) is 6.92 Å². The molecule has 1 aliphatic rings. The quantitative estimate of drug-likeness (QED) is 0.624. The van der Waals surface area contributed by atoms with Gasteiger partial charge in [-0.3, -0.25) is 24.6 Å². The van der Waals surface area contributed by atoms with Crippen molar-refractivity contribution in [2.45, 2.75) is 32.2 Å². The van der Waals surface area contributed by atoms with Gasteiger partial charge in [-0.1, -0.05) is 6.92 Å². The number of imide groups is 1. The molecule has 2 N–H and O–H groups in total. The van der Waals surface area contributed by atoms with Gasteiger partial charge in [0.25, 0.3) is 0 Å². The summed E-state index contributed by atoms with van der Waals surface area (Å²) in [5.74, 6) is -1.46. The number of amides is 2. The Morgan fingerprint density at radius 2 is 2.25 bits per heavy atom. The third-order valence-corrected chi connectivity index (χ3v) is 2.58. The van der Waals surface area contributed by atoms with Crippen LogP contribution in [0, 0.1) is 0 Å². The second-order valence-corrected chi connectivity index (χ2v) is 3.80. The van der Waals surface area contributed by atoms with E-state index in [-0.39, 0.29) is 30.8 Å². The molecule has 0 aliphatic carbocycles. The summed E-state index contributed by atoms with van der Waals surface area (Å²) in [7, 11) is 0. The van der Waals surface area contributed by atoms with E-state index in [4.69, 9.17) is 5.11 Å². The van der Waals surface area contributed by atoms with Crippen LogP contribution in [-0.4, -0.2) is 46.9 Å². The van der Waals surface area contributed by atoms with Crippen LogP contribution in [0.4, 0.5) is 0 Å². The van der Waals surface area contributed by atoms with Crippen molar-refractivity contribution in [3.63, 3.8) is 0 Å². The lowest BCUT2D eigenvalue weighted by Gasteiger charge is -2.33. The van der Waals surface area contributed by atoms with Crippen LogP contribution in [0.2, 0.25) is 0 Å². The smallest absolute Gasteiger partial charge is 0.303 e. The van der Waals surface area contributed by atoms with Gasteiger partial charge in [0.1, 0.15) is 0 Å². The highest BCUT2D eigenvalue weighted by atomic mass is 16.4. The normalized spacial score (nSPS) is 21.9. The van der Waals surface area contributed by atoms with Gasteiger partial charge in [-0.2, -0.15) is 0 Å². The molecule has 2 amide bonds. The summed E-state index contributed by atoms with van der Waals surface area (Å²) in [5.41, 5.74) is 0. The number of nitrogens with zero attached hydrogens (tertiary/aromatic N) is 1. The van der Waals surface area contributed by atoms with Gasteiger partial charge in [0, 0.05) is 13.0 Å². The monoisotopic (exact) mass is 228 g/mol. The summed E-state index contributed by atoms with van der Waals surface area (Å²) in [4.78, 5) is 34.7. The Bertz CT molecular complexity index is 303. The Morgan fingerprint density at radius 3 is 2.81 bits per heavy atom. The highest BCUT2D eigenvalue weighted by molar-refractivity contribution is 6.01. The number of nitrogens with one attached hydrogen (secondary N) is 1. The predicted molar refractivity (Wildman–Crippen MR) is 55.7 cm³/mol. The fourth-order valence-corrected chi connectivity index (χ4v) is 1.83. The lowest BCUT2D eigenvalue weighted by Crippen LogP contribution is -2.57. The summed E-state index contributed by atoms with van der Waals surface area (Å²) in [6, 6.07) is -0.313. The van der Waals surface area contributed by atoms with Gasteiger partial charge < -0.3 is 5.11 Å². The molecule has 1 atom stereocenters. The summed E-state index contributed by atoms with van der Waals surface area (Å²) in [5, 5.41) is 10.8. The van der Waals surface area contributed by atoms with Crippen molar-refractivity contribution >= 4 is 17.8 Å². The highest BCUT2D eigenvalue weighted by Crippen LogP contribution is 2.10. The molecule has 1 rings (SSSR count). The molecule has 0 spiro atoms. The fourth-order valence-electron chi connectivity index (χ4n) is 1.83. The molecule has 1 saturated heterocycles. The number of aliphatic carboxylic acids is 1. The first-order valence-electron chi connectivity index (χ1n) is 5.34. The number of carboxylic acids is 1. The SMILES string of the molecule is CCC1C(=O)NC(=O)CN1CCCC(=O)O. The van der Waals surface area contributed by atoms with Crippen LogP contribution in [-0.2, 0) is 14.4 Å². The molecule has 90 valence electrons. The molecule has 1 fully saturated rings. The molecule has 0 aromatic rings. The molecule has 0 radical (unpaired) electrons. The minimum absolute atomic E-state index is 0.0583. The number of carboxylic acid groups (broad SMARTS) is 1. The van der Waals surface area contributed by atoms with E-state index in [2.05, 4.69) is 5.32 Å². The molecule has 6 heteroatoms. The van der Waals surface area contributed by atoms with Crippen molar-refractivity contribution in [2.75, 3.05) is 13.1 Å². The second-order valence-electron chi connectivity index (χ2n) is 3.80. The maximum Gasteiger partial charge on any atom is 0.303 e. The number of rotatable bonds is 5. The molecular formula is C10H16N2O4. The lowest BCUT2D eigenvalue weighted by molar-refractivity contribution is -0.140. The second kappa shape index (κ2) is 5.60. The van der Waals surface area contributed by atoms with Gasteiger partial charge in [-0.25, -0.2) is 0 Å². The molecule has 16 heavy (non-hydrogen) atoms. The summed E-state index contributed by atoms with van der Waals surface area (Å²) < 4.78 is 0. The Morgan fingerprint density at radius 1 is 1.56 bits per heavy atom. The zero-order valence-electron chi connectivity index (χ0n) is 9.23. The number of hydrogen-bond acceptors (Lipinski definition) is 4. The molecule has 6 nitrogen and oxygen atoms in total. The standard InChI is InChI=1S/C10H16N2O4/c1-2-7-10(16)11-8(13)6-12(7)5-3-4-9(14)15/h7H,2-6H2,1H3,(H,14,15)(H,11,13,16). The van der Waals surface area contributed by atoms with Crippen LogP contribution in [0.1, 0.15) is 26.2 Å². The van der Waals surface area contributed by atoms with Crippen LogP contribution < -0.4 is 5.32 Å². The first-order chi connectivity index (χ1) is 7.54. The third-order valence-electron chi connectivity index (χ3n) is 2.58. The molecule has 1 aliphatic heterocycles. The van der Waals surface area contributed by atoms with Crippen LogP contribution in [0.25, 0.3) is 0 Å². The Balaban J connectivity index is 2.50. The average Bonchev–Trinajstić information content (AvgIpc) is 2.16. The van der Waals surface area contributed by atoms with E-state index >= 15 is 0 Å². The third kappa shape index (κ3) is 3.30. The summed E-state index contributed by atoms with van der Waals surface area (Å²) in [6.45, 7) is 2.50. The van der Waals surface area contributed by atoms with E-state index in [1.54, 1.807) is 4.90 Å². The van der Waals surface area contributed by atoms with Crippen molar-refractivity contribution < 1.29 is 19.5 Å². The Labute approximate surface area is 93.6 Å². The van der Waals surface area contributed by atoms with Crippen LogP contribution in [0.15, 0.2) is 0 Å². The maximum atomic E-state index is 11.5. The first-order valence-corrected chi connectivity index (χ1v) is 5.34. The van der Waals surface area contributed by atoms with Gasteiger partial charge in [0.2, 0.25) is 11.8 Å². The van der Waals surface area contributed by atoms with E-state index in [1.165, 1.54) is 0 Å². The number of carbonyl (C=O) groups excluding carboxylic acids is 2. The number of carbonyl (C=O) groups is 3. The van der Waals surface area contributed by atoms with Crippen molar-refractivity contribution in [3.8, 4) is 0 Å². The summed E-state index contributed by atoms with van der Waals surface area (Å²) in [6.07, 6.45) is 1.13. The van der Waals surface area contributed by atoms with Gasteiger partial charge in [0.05, 0.1) is 12.6 Å². The van der Waals surface area contributed by atoms with Crippen LogP contribution in [0.5, 0.6) is 0 Å². The van der Waals surface area contributed by atoms with Gasteiger partial charge in [-0.15, -0.1) is 0 Å². The predicted octanol–water partition coefficient (Wildman–Crippen LogP) is -0.412. The Kier molecular flexibility index (Phi) is 4.42. The van der Waals surface area contributed by atoms with Crippen LogP contribution in [0.3, 0.4) is 0 Å². The Hall–Kier alpha value is -1.43. The van der Waals surface area contributed by atoms with Crippen LogP contribution >= 0.6 is 0 Å². The topological polar surface area (TPSA) is 86.7 Å². The number of hydrogen-bond donors (Lipinski definition) is 2. The van der Waals surface area contributed by atoms with Crippen molar-refractivity contribution in [1.29, 1.82) is 0 Å². The lowest BCUT2D eigenvalue weighted by atomic mass is 10.1. The van der Waals surface area contributed by atoms with E-state index < -0.39 is 5.97 Å². The minimum atomic E-state index is -0.860. The zero-order chi connectivity index (χ0) is 12.1. The summed E-state index contributed by atoms with van der Waals surface area (Å²) >= 11 is 0. The molecular weight excluding hydrogens is 212 g/mol. The zero-order valence-corrected chi connectivity index (χ0v) is 9.23. The largest absolute Gasteiger partial charge is 0.481 e. The van der Waals surface area contributed by atoms with Crippen molar-refractivity contribution in [1.82, 2.24) is 10.2 Å². The van der Waals surface area contributed by atoms with E-state index in [9.17, 15) is 14.4 Å². The molecule has 1 heterocycles. The number of piperazine rings is 1. The maximum absolute atomic E-state index is 11.5. The van der Waals surface area contributed by atoms with Gasteiger partial charge in [-0.05, 0) is 12.8 Å². The van der Waals surface area contributed by atoms with Crippen molar-refractivity contribution in [3.05, 3.63) is 0 Å². The molecule has 1 unspecified atom stereocenters. The first kappa shape index (κ1) is 12.6. The molecule has 0 bridgehead atoms. The molecule has 0 aromatic carbocycles. The van der Waals surface area contributed by atoms with Gasteiger partial charge in [0.15, 0.2) is 0 Å². The molecule has 0 aromatic heterocycles. The van der Waals surface area contributed by atoms with E-state index in [0.717, 1.165) is 0 Å². The van der Waals surface area contributed by atoms with Crippen molar-refractivity contribution in [2.24, 2.45) is 0 Å². The average molecular weight is 228 g/mol.